The van der Waals surface area contributed by atoms with Gasteiger partial charge in [0.25, 0.3) is 0 Å². The van der Waals surface area contributed by atoms with Crippen LogP contribution in [0.5, 0.6) is 0 Å². The number of β-amino-alcohol motifs (C(OH)–C–C–N with tert-alkyl or cyclic N) is 1. The first kappa shape index (κ1) is 15.7. The number of fused-ring (bicyclic) bond motifs is 2. The molecule has 4 rings (SSSR count). The molecule has 0 aromatic heterocycles. The van der Waals surface area contributed by atoms with Crippen molar-refractivity contribution < 1.29 is 9.90 Å². The van der Waals surface area contributed by atoms with Crippen LogP contribution in [0.4, 0.5) is 5.69 Å². The lowest BCUT2D eigenvalue weighted by Crippen LogP contribution is -2.51. The van der Waals surface area contributed by atoms with Gasteiger partial charge in [0, 0.05) is 16.6 Å². The third-order valence-electron chi connectivity index (χ3n) is 5.72. The molecule has 1 saturated heterocycles. The zero-order chi connectivity index (χ0) is 16.9. The molecule has 0 radical (unpaired) electrons. The lowest BCUT2D eigenvalue weighted by atomic mass is 9.67. The number of ketones is 1. The molecule has 2 aromatic carbocycles. The van der Waals surface area contributed by atoms with E-state index in [1.165, 1.54) is 0 Å². The Kier molecular flexibility index (Phi) is 3.66. The third-order valence-corrected chi connectivity index (χ3v) is 5.95. The van der Waals surface area contributed by atoms with Crippen molar-refractivity contribution in [3.8, 4) is 0 Å². The number of rotatable bonds is 2. The molecule has 4 heteroatoms. The van der Waals surface area contributed by atoms with Crippen molar-refractivity contribution in [2.24, 2.45) is 5.92 Å². The zero-order valence-electron chi connectivity index (χ0n) is 13.5. The number of carbonyl (C=O) groups is 1. The highest BCUT2D eigenvalue weighted by Gasteiger charge is 2.60. The molecule has 0 amide bonds. The van der Waals surface area contributed by atoms with Crippen molar-refractivity contribution in [2.75, 3.05) is 11.4 Å². The number of hydrogen-bond donors (Lipinski definition) is 1. The van der Waals surface area contributed by atoms with Gasteiger partial charge in [0.2, 0.25) is 0 Å². The van der Waals surface area contributed by atoms with Crippen molar-refractivity contribution in [3.63, 3.8) is 0 Å². The Hall–Kier alpha value is -1.84. The maximum absolute atomic E-state index is 12.8. The molecule has 2 aliphatic rings. The summed E-state index contributed by atoms with van der Waals surface area (Å²) in [5.41, 5.74) is 0.790. The lowest BCUT2D eigenvalue weighted by molar-refractivity contribution is -0.142. The molecule has 1 aliphatic heterocycles. The van der Waals surface area contributed by atoms with Gasteiger partial charge in [-0.05, 0) is 42.2 Å². The van der Waals surface area contributed by atoms with Crippen LogP contribution in [-0.4, -0.2) is 29.1 Å². The molecule has 1 heterocycles. The van der Waals surface area contributed by atoms with Crippen LogP contribution in [0.15, 0.2) is 54.6 Å². The molecule has 3 nitrogen and oxygen atoms in total. The van der Waals surface area contributed by atoms with Crippen LogP contribution in [0, 0.1) is 5.92 Å². The summed E-state index contributed by atoms with van der Waals surface area (Å²) in [6, 6.07) is 17.4. The predicted molar refractivity (Wildman–Crippen MR) is 95.5 cm³/mol. The molecule has 2 bridgehead atoms. The number of hydrogen-bond acceptors (Lipinski definition) is 3. The van der Waals surface area contributed by atoms with Gasteiger partial charge in [-0.25, -0.2) is 0 Å². The fourth-order valence-electron chi connectivity index (χ4n) is 4.31. The van der Waals surface area contributed by atoms with E-state index < -0.39 is 5.60 Å². The van der Waals surface area contributed by atoms with Crippen LogP contribution >= 0.6 is 11.6 Å². The quantitative estimate of drug-likeness (QED) is 0.906. The molecule has 0 spiro atoms. The number of benzene rings is 2. The largest absolute Gasteiger partial charge is 0.380 e. The minimum absolute atomic E-state index is 0.0443. The SMILES string of the molecule is C[C@@H]1[C@H](c2cccc(Cl)c2)C[C@H]2C(=O)[C@]1(O)CN2c1ccccc1. The molecule has 2 fully saturated rings. The molecule has 1 aliphatic carbocycles. The molecule has 1 N–H and O–H groups in total. The lowest BCUT2D eigenvalue weighted by Gasteiger charge is -2.38. The summed E-state index contributed by atoms with van der Waals surface area (Å²) in [6.45, 7) is 2.34. The molecule has 0 unspecified atom stereocenters. The van der Waals surface area contributed by atoms with Gasteiger partial charge in [-0.1, -0.05) is 48.9 Å². The van der Waals surface area contributed by atoms with Gasteiger partial charge in [0.1, 0.15) is 5.60 Å². The summed E-state index contributed by atoms with van der Waals surface area (Å²) in [5, 5.41) is 11.9. The molecular formula is C20H20ClNO2. The van der Waals surface area contributed by atoms with Gasteiger partial charge in [-0.15, -0.1) is 0 Å². The van der Waals surface area contributed by atoms with Crippen LogP contribution < -0.4 is 4.90 Å². The topological polar surface area (TPSA) is 40.5 Å². The molecule has 1 saturated carbocycles. The molecule has 24 heavy (non-hydrogen) atoms. The van der Waals surface area contributed by atoms with Crippen LogP contribution in [0.2, 0.25) is 5.02 Å². The van der Waals surface area contributed by atoms with Crippen molar-refractivity contribution in [2.45, 2.75) is 30.9 Å². The number of para-hydroxylation sites is 1. The van der Waals surface area contributed by atoms with Gasteiger partial charge in [-0.2, -0.15) is 0 Å². The Morgan fingerprint density at radius 2 is 1.92 bits per heavy atom. The fraction of sp³-hybridized carbons (Fsp3) is 0.350. The number of halogens is 1. The second-order valence-electron chi connectivity index (χ2n) is 6.95. The third kappa shape index (κ3) is 2.27. The standard InChI is InChI=1S/C20H20ClNO2/c1-13-17(14-6-5-7-15(21)10-14)11-18-19(23)20(13,24)12-22(18)16-8-3-2-4-9-16/h2-10,13,17-18,24H,11-12H2,1H3/t13-,17-,18+,20+/m1/s1. The molecule has 2 aromatic rings. The van der Waals surface area contributed by atoms with Crippen molar-refractivity contribution >= 4 is 23.1 Å². The summed E-state index contributed by atoms with van der Waals surface area (Å²) >= 11 is 6.15. The summed E-state index contributed by atoms with van der Waals surface area (Å²) in [4.78, 5) is 14.9. The van der Waals surface area contributed by atoms with E-state index >= 15 is 0 Å². The van der Waals surface area contributed by atoms with E-state index in [-0.39, 0.29) is 23.7 Å². The Morgan fingerprint density at radius 3 is 2.62 bits per heavy atom. The van der Waals surface area contributed by atoms with Crippen LogP contribution in [0.3, 0.4) is 0 Å². The van der Waals surface area contributed by atoms with Crippen molar-refractivity contribution in [3.05, 3.63) is 65.2 Å². The average molecular weight is 342 g/mol. The Balaban J connectivity index is 1.73. The number of anilines is 1. The van der Waals surface area contributed by atoms with Crippen LogP contribution in [0.25, 0.3) is 0 Å². The van der Waals surface area contributed by atoms with E-state index in [0.717, 1.165) is 11.3 Å². The minimum Gasteiger partial charge on any atom is -0.380 e. The van der Waals surface area contributed by atoms with Gasteiger partial charge in [0.05, 0.1) is 12.6 Å². The summed E-state index contributed by atoms with van der Waals surface area (Å²) in [5.74, 6) is -0.0735. The Labute approximate surface area is 146 Å². The normalized spacial score (nSPS) is 32.2. The maximum atomic E-state index is 12.8. The Morgan fingerprint density at radius 1 is 1.17 bits per heavy atom. The average Bonchev–Trinajstić information content (AvgIpc) is 2.77. The summed E-state index contributed by atoms with van der Waals surface area (Å²) in [7, 11) is 0. The second kappa shape index (κ2) is 5.61. The highest BCUT2D eigenvalue weighted by Crippen LogP contribution is 2.49. The smallest absolute Gasteiger partial charge is 0.188 e. The predicted octanol–water partition coefficient (Wildman–Crippen LogP) is 3.65. The highest BCUT2D eigenvalue weighted by molar-refractivity contribution is 6.30. The van der Waals surface area contributed by atoms with E-state index in [9.17, 15) is 9.90 Å². The van der Waals surface area contributed by atoms with E-state index in [1.54, 1.807) is 0 Å². The van der Waals surface area contributed by atoms with Crippen molar-refractivity contribution in [1.29, 1.82) is 0 Å². The van der Waals surface area contributed by atoms with Gasteiger partial charge in [-0.3, -0.25) is 4.79 Å². The maximum Gasteiger partial charge on any atom is 0.188 e. The van der Waals surface area contributed by atoms with E-state index in [1.807, 2.05) is 61.5 Å². The van der Waals surface area contributed by atoms with Gasteiger partial charge < -0.3 is 10.0 Å². The summed E-state index contributed by atoms with van der Waals surface area (Å²) in [6.07, 6.45) is 0.706. The zero-order valence-corrected chi connectivity index (χ0v) is 14.3. The van der Waals surface area contributed by atoms with Gasteiger partial charge in [0.15, 0.2) is 5.78 Å². The molecule has 124 valence electrons. The van der Waals surface area contributed by atoms with E-state index in [4.69, 9.17) is 11.6 Å². The fourth-order valence-corrected chi connectivity index (χ4v) is 4.51. The van der Waals surface area contributed by atoms with Gasteiger partial charge >= 0.3 is 0 Å². The first-order chi connectivity index (χ1) is 11.5. The highest BCUT2D eigenvalue weighted by atomic mass is 35.5. The van der Waals surface area contributed by atoms with E-state index in [2.05, 4.69) is 4.90 Å². The van der Waals surface area contributed by atoms with Crippen LogP contribution in [0.1, 0.15) is 24.8 Å². The minimum atomic E-state index is -1.30. The number of carbonyl (C=O) groups excluding carboxylic acids is 1. The number of aliphatic hydroxyl groups is 1. The molecular weight excluding hydrogens is 322 g/mol. The number of nitrogens with zero attached hydrogens (tertiary/aromatic N) is 1. The first-order valence-corrected chi connectivity index (χ1v) is 8.72. The van der Waals surface area contributed by atoms with E-state index in [0.29, 0.717) is 18.0 Å². The monoisotopic (exact) mass is 341 g/mol. The van der Waals surface area contributed by atoms with Crippen molar-refractivity contribution in [1.82, 2.24) is 0 Å². The molecule has 4 atom stereocenters. The Bertz CT molecular complexity index is 778. The first-order valence-electron chi connectivity index (χ1n) is 8.34. The number of Topliss-reactive ketones (excluding diaryl/α,β-unsaturated/α-hetero) is 1. The summed E-state index contributed by atoms with van der Waals surface area (Å²) < 4.78 is 0. The van der Waals surface area contributed by atoms with Crippen LogP contribution in [-0.2, 0) is 4.79 Å². The second-order valence-corrected chi connectivity index (χ2v) is 7.39.